The van der Waals surface area contributed by atoms with Gasteiger partial charge in [0, 0.05) is 72.8 Å². The molecular formula is C78H142N12O16S. The number of hydrogen-bond acceptors (Lipinski definition) is 17. The molecule has 6 N–H and O–H groups in total. The van der Waals surface area contributed by atoms with Gasteiger partial charge in [0.15, 0.2) is 0 Å². The predicted octanol–water partition coefficient (Wildman–Crippen LogP) is 7.00. The van der Waals surface area contributed by atoms with Crippen molar-refractivity contribution < 1.29 is 76.9 Å². The number of alkyl carbamates (subject to hydrolysis) is 1. The van der Waals surface area contributed by atoms with E-state index in [0.717, 1.165) is 4.90 Å². The van der Waals surface area contributed by atoms with Gasteiger partial charge in [-0.25, -0.2) is 4.79 Å². The normalized spacial score (nSPS) is 24.6. The first-order valence-corrected chi connectivity index (χ1v) is 39.7. The molecule has 0 aromatic rings. The van der Waals surface area contributed by atoms with Gasteiger partial charge in [0.25, 0.3) is 0 Å². The highest BCUT2D eigenvalue weighted by Gasteiger charge is 2.47. The summed E-state index contributed by atoms with van der Waals surface area (Å²) in [5.74, 6) is -10.8. The van der Waals surface area contributed by atoms with Crippen molar-refractivity contribution in [1.82, 2.24) is 60.9 Å². The minimum Gasteiger partial charge on any atom is -0.469 e. The van der Waals surface area contributed by atoms with Crippen LogP contribution in [0.3, 0.4) is 0 Å². The van der Waals surface area contributed by atoms with Crippen molar-refractivity contribution in [3.63, 3.8) is 0 Å². The van der Waals surface area contributed by atoms with Gasteiger partial charge in [0.05, 0.1) is 13.2 Å². The molecule has 107 heavy (non-hydrogen) atoms. The van der Waals surface area contributed by atoms with Gasteiger partial charge in [-0.3, -0.25) is 57.5 Å². The number of thioether (sulfide) groups is 1. The molecule has 12 amide bonds. The number of aliphatic hydroxyl groups excluding tert-OH is 1. The molecule has 0 aromatic carbocycles. The Labute approximate surface area is 645 Å². The number of ether oxygens (including phenoxy) is 2. The van der Waals surface area contributed by atoms with Crippen molar-refractivity contribution in [2.75, 3.05) is 68.7 Å². The largest absolute Gasteiger partial charge is 0.469 e. The minimum atomic E-state index is -1.71. The number of carbonyl (C=O) groups excluding carboxylic acids is 13. The second-order valence-corrected chi connectivity index (χ2v) is 35.4. The Morgan fingerprint density at radius 3 is 1.45 bits per heavy atom. The number of carbonyl (C=O) groups is 13. The van der Waals surface area contributed by atoms with Crippen LogP contribution in [-0.2, 0) is 67.0 Å². The van der Waals surface area contributed by atoms with Gasteiger partial charge in [-0.2, -0.15) is 11.8 Å². The maximum absolute atomic E-state index is 15.7. The summed E-state index contributed by atoms with van der Waals surface area (Å²) in [5, 5.41) is 26.7. The van der Waals surface area contributed by atoms with Crippen LogP contribution in [0.1, 0.15) is 229 Å². The van der Waals surface area contributed by atoms with Crippen LogP contribution in [0, 0.1) is 41.4 Å². The summed E-state index contributed by atoms with van der Waals surface area (Å²) in [6.07, 6.45) is 1.98. The van der Waals surface area contributed by atoms with Gasteiger partial charge in [-0.05, 0) is 134 Å². The first-order chi connectivity index (χ1) is 49.3. The van der Waals surface area contributed by atoms with Gasteiger partial charge in [-0.15, -0.1) is 0 Å². The summed E-state index contributed by atoms with van der Waals surface area (Å²) in [5.41, 5.74) is -0.669. The smallest absolute Gasteiger partial charge is 0.407 e. The van der Waals surface area contributed by atoms with E-state index < -0.39 is 178 Å². The molecule has 1 heterocycles. The van der Waals surface area contributed by atoms with Gasteiger partial charge >= 0.3 is 12.1 Å². The number of unbranched alkanes of at least 4 members (excludes halogenated alkanes) is 3. The van der Waals surface area contributed by atoms with E-state index in [1.54, 1.807) is 62.3 Å². The molecule has 0 radical (unpaired) electrons. The number of nitrogens with zero attached hydrogens (tertiary/aromatic N) is 7. The van der Waals surface area contributed by atoms with Crippen LogP contribution in [0.5, 0.6) is 0 Å². The zero-order chi connectivity index (χ0) is 82.8. The summed E-state index contributed by atoms with van der Waals surface area (Å²) in [4.78, 5) is 200. The summed E-state index contributed by atoms with van der Waals surface area (Å²) < 4.78 is 9.60. The minimum absolute atomic E-state index is 0.0350. The lowest BCUT2D eigenvalue weighted by Gasteiger charge is -2.41. The number of hydrogen-bond donors (Lipinski definition) is 6. The van der Waals surface area contributed by atoms with E-state index >= 15 is 33.6 Å². The van der Waals surface area contributed by atoms with Crippen LogP contribution in [0.4, 0.5) is 4.79 Å². The number of rotatable bonds is 27. The third kappa shape index (κ3) is 31.3. The monoisotopic (exact) mass is 1540 g/mol. The predicted molar refractivity (Wildman–Crippen MR) is 418 cm³/mol. The molecule has 0 spiro atoms. The lowest BCUT2D eigenvalue weighted by atomic mass is 9.90. The number of amides is 12. The molecule has 1 rings (SSSR count). The lowest BCUT2D eigenvalue weighted by molar-refractivity contribution is -0.157. The van der Waals surface area contributed by atoms with Crippen LogP contribution in [-0.4, -0.2) is 268 Å². The van der Waals surface area contributed by atoms with Gasteiger partial charge in [-0.1, -0.05) is 130 Å². The topological polar surface area (TPSA) is 343 Å². The molecule has 28 nitrogen and oxygen atoms in total. The zero-order valence-electron chi connectivity index (χ0n) is 70.7. The summed E-state index contributed by atoms with van der Waals surface area (Å²) in [6, 6.07) is -14.4. The van der Waals surface area contributed by atoms with Crippen LogP contribution in [0.25, 0.3) is 0 Å². The highest BCUT2D eigenvalue weighted by molar-refractivity contribution is 8.00. The quantitative estimate of drug-likeness (QED) is 0.0356. The molecule has 13 atom stereocenters. The summed E-state index contributed by atoms with van der Waals surface area (Å²) in [6.45, 7) is 37.6. The number of likely N-dealkylation sites (N-methyl/N-ethyl adjacent to an activating group) is 7. The summed E-state index contributed by atoms with van der Waals surface area (Å²) in [7, 11) is 11.2. The van der Waals surface area contributed by atoms with Crippen LogP contribution in [0.2, 0.25) is 0 Å². The second kappa shape index (κ2) is 45.4. The molecule has 29 heteroatoms. The molecule has 1 saturated heterocycles. The Balaban J connectivity index is 4.62. The molecule has 1 fully saturated rings. The van der Waals surface area contributed by atoms with E-state index in [0.29, 0.717) is 51.5 Å². The lowest BCUT2D eigenvalue weighted by Crippen LogP contribution is -2.64. The summed E-state index contributed by atoms with van der Waals surface area (Å²) >= 11 is 1.29. The van der Waals surface area contributed by atoms with Gasteiger partial charge in [0.2, 0.25) is 65.0 Å². The maximum atomic E-state index is 15.7. The molecule has 0 bridgehead atoms. The van der Waals surface area contributed by atoms with Gasteiger partial charge < -0.3 is 75.5 Å². The number of aliphatic hydroxyl groups is 1. The molecule has 0 unspecified atom stereocenters. The average molecular weight is 1540 g/mol. The molecule has 1 aliphatic rings. The Morgan fingerprint density at radius 1 is 0.495 bits per heavy atom. The fourth-order valence-electron chi connectivity index (χ4n) is 13.1. The SMILES string of the molecule is CC[C@H]1NC(=O)[C@H]([C@H](O)[C@H](C)CCCCCCNC(=O)OC(C)(C)C)N(C)C(=O)[C@@H](C(C)C)N(C)C(=O)[C@@H](CCC(C)C)N(C)C(=O)[C@H](CC(C)C)N(C)C(=O)[C@H](C)NC(=O)[C@@H](C)NC(=O)[C@@H](CC(C)C)N(C)C(=O)[C@@H](C(C)C)NC(=O)[C@H](CC(C)C)N(C)C(=O)[C@@H](CSC(C)(C)CCC(=O)OC)N(C)C1=O. The van der Waals surface area contributed by atoms with Crippen molar-refractivity contribution in [2.45, 2.75) is 312 Å². The van der Waals surface area contributed by atoms with Crippen LogP contribution >= 0.6 is 11.8 Å². The third-order valence-corrected chi connectivity index (χ3v) is 21.5. The van der Waals surface area contributed by atoms with E-state index in [1.807, 2.05) is 69.2 Å². The zero-order valence-corrected chi connectivity index (χ0v) is 71.5. The molecule has 0 aliphatic carbocycles. The Kier molecular flexibility index (Phi) is 41.7. The van der Waals surface area contributed by atoms with Crippen LogP contribution in [0.15, 0.2) is 0 Å². The average Bonchev–Trinajstić information content (AvgIpc) is 0.806. The Hall–Kier alpha value is -6.78. The van der Waals surface area contributed by atoms with E-state index in [-0.39, 0.29) is 67.9 Å². The highest BCUT2D eigenvalue weighted by Crippen LogP contribution is 2.33. The highest BCUT2D eigenvalue weighted by atomic mass is 32.2. The number of methoxy groups -OCH3 is 1. The Bertz CT molecular complexity index is 2940. The fraction of sp³-hybridized carbons (Fsp3) is 0.833. The number of esters is 1. The van der Waals surface area contributed by atoms with Crippen molar-refractivity contribution in [3.8, 4) is 0 Å². The molecule has 0 saturated carbocycles. The third-order valence-electron chi connectivity index (χ3n) is 20.0. The van der Waals surface area contributed by atoms with Crippen LogP contribution < -0.4 is 26.6 Å². The standard InChI is InChI=1S/C78H142N12O16S/c1-30-54-70(98)88(26)59(44-107-78(20,21)39-38-60(91)105-29)73(101)85(23)57(42-47(6)7)67(95)83-61(49(10)11)74(102)86(24)56(41-46(4)5)66(94)80-52(15)65(93)81-53(16)69(97)87(25)58(43-48(8)9)72(100)84(22)55(37-36-45(2)3)71(99)89(27)62(50(12)13)75(103)90(28)63(68(96)82-54)64(92)51(14)35-33-31-32-34-40-79-76(104)106-77(17,18)19/h45-59,61-64,92H,30-44H2,1-29H3,(H,79,104)(H,80,94)(H,81,93)(H,82,96)(H,83,95)/t51-,52-,53+,54-,55-,56-,57+,58+,59-,61-,62-,63+,64-/m1/s1. The Morgan fingerprint density at radius 2 is 0.953 bits per heavy atom. The first-order valence-electron chi connectivity index (χ1n) is 38.8. The van der Waals surface area contributed by atoms with Crippen molar-refractivity contribution >= 4 is 88.8 Å². The molecule has 616 valence electrons. The van der Waals surface area contributed by atoms with E-state index in [4.69, 9.17) is 9.47 Å². The first kappa shape index (κ1) is 98.2. The van der Waals surface area contributed by atoms with Crippen molar-refractivity contribution in [1.29, 1.82) is 0 Å². The molecule has 0 aromatic heterocycles. The van der Waals surface area contributed by atoms with E-state index in [1.165, 1.54) is 111 Å². The second-order valence-electron chi connectivity index (χ2n) is 33.6. The molecule has 1 aliphatic heterocycles. The van der Waals surface area contributed by atoms with E-state index in [9.17, 15) is 33.9 Å². The maximum Gasteiger partial charge on any atom is 0.407 e. The number of nitrogens with one attached hydrogen (secondary N) is 5. The van der Waals surface area contributed by atoms with E-state index in [2.05, 4.69) is 26.6 Å². The van der Waals surface area contributed by atoms with Crippen molar-refractivity contribution in [3.05, 3.63) is 0 Å². The van der Waals surface area contributed by atoms with Gasteiger partial charge in [0.1, 0.15) is 72.1 Å². The molecular weight excluding hydrogens is 1390 g/mol. The fourth-order valence-corrected chi connectivity index (χ4v) is 14.3. The van der Waals surface area contributed by atoms with Crippen molar-refractivity contribution in [2.24, 2.45) is 41.4 Å².